The molecule has 0 saturated carbocycles. The Morgan fingerprint density at radius 2 is 1.88 bits per heavy atom. The van der Waals surface area contributed by atoms with E-state index in [2.05, 4.69) is 27.9 Å². The lowest BCUT2D eigenvalue weighted by molar-refractivity contribution is 1.43. The standard InChI is InChI=1S/C13H12ClIN2/c1-8-2-3-9(14)6-13(8)17-12-5-4-10(15)7-11(12)16/h2-7,17H,16H2,1H3. The van der Waals surface area contributed by atoms with Crippen LogP contribution in [0.3, 0.4) is 0 Å². The van der Waals surface area contributed by atoms with Crippen molar-refractivity contribution in [2.75, 3.05) is 11.1 Å². The lowest BCUT2D eigenvalue weighted by Gasteiger charge is -2.12. The zero-order valence-corrected chi connectivity index (χ0v) is 12.2. The van der Waals surface area contributed by atoms with Crippen LogP contribution in [0.15, 0.2) is 36.4 Å². The summed E-state index contributed by atoms with van der Waals surface area (Å²) in [5.74, 6) is 0. The summed E-state index contributed by atoms with van der Waals surface area (Å²) < 4.78 is 1.12. The molecule has 0 heterocycles. The Morgan fingerprint density at radius 1 is 1.12 bits per heavy atom. The van der Waals surface area contributed by atoms with Crippen LogP contribution in [0, 0.1) is 10.5 Å². The molecule has 0 fully saturated rings. The van der Waals surface area contributed by atoms with Gasteiger partial charge in [0.15, 0.2) is 0 Å². The minimum atomic E-state index is 0.710. The zero-order chi connectivity index (χ0) is 12.4. The van der Waals surface area contributed by atoms with Crippen LogP contribution >= 0.6 is 34.2 Å². The summed E-state index contributed by atoms with van der Waals surface area (Å²) in [5.41, 5.74) is 9.70. The lowest BCUT2D eigenvalue weighted by atomic mass is 10.2. The van der Waals surface area contributed by atoms with Crippen molar-refractivity contribution in [1.29, 1.82) is 0 Å². The fourth-order valence-corrected chi connectivity index (χ4v) is 2.21. The molecular weight excluding hydrogens is 347 g/mol. The molecule has 0 bridgehead atoms. The minimum Gasteiger partial charge on any atom is -0.397 e. The second-order valence-electron chi connectivity index (χ2n) is 3.82. The van der Waals surface area contributed by atoms with Crippen molar-refractivity contribution >= 4 is 51.3 Å². The molecule has 0 aliphatic rings. The quantitative estimate of drug-likeness (QED) is 0.609. The molecule has 3 N–H and O–H groups in total. The summed E-state index contributed by atoms with van der Waals surface area (Å²) in [5, 5.41) is 4.01. The van der Waals surface area contributed by atoms with Crippen molar-refractivity contribution in [2.24, 2.45) is 0 Å². The van der Waals surface area contributed by atoms with Gasteiger partial charge in [0.05, 0.1) is 11.4 Å². The lowest BCUT2D eigenvalue weighted by Crippen LogP contribution is -1.98. The number of nitrogens with one attached hydrogen (secondary N) is 1. The molecular formula is C13H12ClIN2. The Kier molecular flexibility index (Phi) is 3.79. The molecule has 0 saturated heterocycles. The molecule has 2 rings (SSSR count). The van der Waals surface area contributed by atoms with Crippen LogP contribution in [0.25, 0.3) is 0 Å². The van der Waals surface area contributed by atoms with E-state index in [1.165, 1.54) is 0 Å². The Hall–Kier alpha value is -0.940. The number of nitrogen functional groups attached to an aromatic ring is 1. The number of anilines is 3. The Balaban J connectivity index is 2.34. The van der Waals surface area contributed by atoms with E-state index in [1.54, 1.807) is 0 Å². The van der Waals surface area contributed by atoms with Crippen LogP contribution < -0.4 is 11.1 Å². The smallest absolute Gasteiger partial charge is 0.0618 e. The van der Waals surface area contributed by atoms with Crippen molar-refractivity contribution in [2.45, 2.75) is 6.92 Å². The molecule has 2 aromatic rings. The van der Waals surface area contributed by atoms with Crippen LogP contribution in [0.2, 0.25) is 5.02 Å². The number of hydrogen-bond acceptors (Lipinski definition) is 2. The first-order valence-electron chi connectivity index (χ1n) is 5.14. The number of rotatable bonds is 2. The highest BCUT2D eigenvalue weighted by Crippen LogP contribution is 2.28. The fraction of sp³-hybridized carbons (Fsp3) is 0.0769. The number of aryl methyl sites for hydroxylation is 1. The maximum absolute atomic E-state index is 5.98. The maximum atomic E-state index is 5.98. The van der Waals surface area contributed by atoms with Gasteiger partial charge in [0, 0.05) is 14.3 Å². The Morgan fingerprint density at radius 3 is 2.59 bits per heavy atom. The molecule has 2 nitrogen and oxygen atoms in total. The summed E-state index contributed by atoms with van der Waals surface area (Å²) in [7, 11) is 0. The van der Waals surface area contributed by atoms with Crippen LogP contribution in [0.5, 0.6) is 0 Å². The molecule has 0 amide bonds. The highest BCUT2D eigenvalue weighted by Gasteiger charge is 2.03. The van der Waals surface area contributed by atoms with Crippen molar-refractivity contribution < 1.29 is 0 Å². The van der Waals surface area contributed by atoms with Gasteiger partial charge in [0.1, 0.15) is 0 Å². The average molecular weight is 359 g/mol. The fourth-order valence-electron chi connectivity index (χ4n) is 1.52. The van der Waals surface area contributed by atoms with Crippen molar-refractivity contribution in [3.8, 4) is 0 Å². The third kappa shape index (κ3) is 3.04. The van der Waals surface area contributed by atoms with Crippen LogP contribution in [-0.2, 0) is 0 Å². The molecule has 0 atom stereocenters. The number of hydrogen-bond donors (Lipinski definition) is 2. The third-order valence-electron chi connectivity index (χ3n) is 2.48. The molecule has 0 aliphatic heterocycles. The van der Waals surface area contributed by atoms with Gasteiger partial charge in [-0.2, -0.15) is 0 Å². The topological polar surface area (TPSA) is 38.0 Å². The summed E-state index contributed by atoms with van der Waals surface area (Å²) in [6.45, 7) is 2.03. The molecule has 0 radical (unpaired) electrons. The average Bonchev–Trinajstić information content (AvgIpc) is 2.27. The van der Waals surface area contributed by atoms with Gasteiger partial charge in [-0.25, -0.2) is 0 Å². The number of benzene rings is 2. The first-order valence-corrected chi connectivity index (χ1v) is 6.60. The Bertz CT molecular complexity index is 555. The molecule has 0 spiro atoms. The second kappa shape index (κ2) is 5.14. The SMILES string of the molecule is Cc1ccc(Cl)cc1Nc1ccc(I)cc1N. The van der Waals surface area contributed by atoms with Crippen molar-refractivity contribution in [3.05, 3.63) is 50.6 Å². The van der Waals surface area contributed by atoms with Crippen LogP contribution in [0.4, 0.5) is 17.1 Å². The van der Waals surface area contributed by atoms with Crippen LogP contribution in [-0.4, -0.2) is 0 Å². The summed E-state index contributed by atoms with van der Waals surface area (Å²) >= 11 is 8.21. The molecule has 0 unspecified atom stereocenters. The summed E-state index contributed by atoms with van der Waals surface area (Å²) in [6, 6.07) is 11.7. The highest BCUT2D eigenvalue weighted by molar-refractivity contribution is 14.1. The second-order valence-corrected chi connectivity index (χ2v) is 5.50. The van der Waals surface area contributed by atoms with Gasteiger partial charge < -0.3 is 11.1 Å². The predicted molar refractivity (Wildman–Crippen MR) is 83.0 cm³/mol. The summed E-state index contributed by atoms with van der Waals surface area (Å²) in [4.78, 5) is 0. The Labute approximate surface area is 119 Å². The highest BCUT2D eigenvalue weighted by atomic mass is 127. The van der Waals surface area contributed by atoms with Crippen molar-refractivity contribution in [3.63, 3.8) is 0 Å². The molecule has 0 aliphatic carbocycles. The van der Waals surface area contributed by atoms with Gasteiger partial charge in [-0.15, -0.1) is 0 Å². The molecule has 88 valence electrons. The normalized spacial score (nSPS) is 10.3. The van der Waals surface area contributed by atoms with Gasteiger partial charge in [0.25, 0.3) is 0 Å². The van der Waals surface area contributed by atoms with E-state index in [1.807, 2.05) is 43.3 Å². The van der Waals surface area contributed by atoms with E-state index in [4.69, 9.17) is 17.3 Å². The van der Waals surface area contributed by atoms with Gasteiger partial charge in [-0.3, -0.25) is 0 Å². The van der Waals surface area contributed by atoms with Crippen LogP contribution in [0.1, 0.15) is 5.56 Å². The van der Waals surface area contributed by atoms with Gasteiger partial charge >= 0.3 is 0 Å². The molecule has 4 heteroatoms. The largest absolute Gasteiger partial charge is 0.397 e. The molecule has 2 aromatic carbocycles. The first-order chi connectivity index (χ1) is 8.06. The monoisotopic (exact) mass is 358 g/mol. The number of halogens is 2. The van der Waals surface area contributed by atoms with Gasteiger partial charge in [-0.05, 0) is 65.4 Å². The third-order valence-corrected chi connectivity index (χ3v) is 3.39. The number of nitrogens with two attached hydrogens (primary N) is 1. The zero-order valence-electron chi connectivity index (χ0n) is 9.30. The van der Waals surface area contributed by atoms with E-state index in [9.17, 15) is 0 Å². The molecule has 17 heavy (non-hydrogen) atoms. The molecule has 0 aromatic heterocycles. The van der Waals surface area contributed by atoms with E-state index >= 15 is 0 Å². The van der Waals surface area contributed by atoms with Crippen molar-refractivity contribution in [1.82, 2.24) is 0 Å². The van der Waals surface area contributed by atoms with Gasteiger partial charge in [-0.1, -0.05) is 17.7 Å². The maximum Gasteiger partial charge on any atom is 0.0618 e. The van der Waals surface area contributed by atoms with E-state index in [0.29, 0.717) is 5.02 Å². The first kappa shape index (κ1) is 12.5. The van der Waals surface area contributed by atoms with E-state index in [0.717, 1.165) is 26.2 Å². The van der Waals surface area contributed by atoms with E-state index < -0.39 is 0 Å². The van der Waals surface area contributed by atoms with Gasteiger partial charge in [0.2, 0.25) is 0 Å². The minimum absolute atomic E-state index is 0.710. The summed E-state index contributed by atoms with van der Waals surface area (Å²) in [6.07, 6.45) is 0. The predicted octanol–water partition coefficient (Wildman–Crippen LogP) is 4.58. The van der Waals surface area contributed by atoms with E-state index in [-0.39, 0.29) is 0 Å².